The van der Waals surface area contributed by atoms with Crippen LogP contribution in [0.15, 0.2) is 94.1 Å². The van der Waals surface area contributed by atoms with Crippen LogP contribution in [0.1, 0.15) is 39.4 Å². The van der Waals surface area contributed by atoms with Crippen molar-refractivity contribution in [2.24, 2.45) is 0 Å². The predicted molar refractivity (Wildman–Crippen MR) is 113 cm³/mol. The average molecular weight is 397 g/mol. The van der Waals surface area contributed by atoms with Gasteiger partial charge in [0.2, 0.25) is 5.76 Å². The van der Waals surface area contributed by atoms with E-state index in [4.69, 9.17) is 4.42 Å². The summed E-state index contributed by atoms with van der Waals surface area (Å²) in [6, 6.07) is 24.9. The highest BCUT2D eigenvalue weighted by atomic mass is 16.3. The van der Waals surface area contributed by atoms with E-state index in [0.717, 1.165) is 5.56 Å². The van der Waals surface area contributed by atoms with Gasteiger partial charge in [0, 0.05) is 0 Å². The summed E-state index contributed by atoms with van der Waals surface area (Å²) >= 11 is 0. The molecule has 30 heavy (non-hydrogen) atoms. The minimum atomic E-state index is -0.889. The molecule has 2 unspecified atom stereocenters. The van der Waals surface area contributed by atoms with Gasteiger partial charge in [0.15, 0.2) is 5.43 Å². The van der Waals surface area contributed by atoms with Gasteiger partial charge in [-0.05, 0) is 23.3 Å². The number of β-amino-alcohol motifs (C(OH)–C–C–N with tert-alkyl or cyclic N) is 1. The summed E-state index contributed by atoms with van der Waals surface area (Å²) in [6.45, 7) is 0.0440. The molecule has 1 N–H and O–H groups in total. The van der Waals surface area contributed by atoms with E-state index >= 15 is 0 Å². The minimum Gasteiger partial charge on any atom is -0.450 e. The Morgan fingerprint density at radius 1 is 0.867 bits per heavy atom. The molecule has 5 rings (SSSR count). The lowest BCUT2D eigenvalue weighted by atomic mass is 9.98. The van der Waals surface area contributed by atoms with E-state index in [1.165, 1.54) is 4.90 Å². The number of amides is 1. The van der Waals surface area contributed by atoms with Crippen molar-refractivity contribution in [3.63, 3.8) is 0 Å². The number of hydrogen-bond acceptors (Lipinski definition) is 4. The monoisotopic (exact) mass is 397 g/mol. The van der Waals surface area contributed by atoms with Crippen LogP contribution in [0.2, 0.25) is 0 Å². The fourth-order valence-electron chi connectivity index (χ4n) is 4.10. The Balaban J connectivity index is 1.66. The molecule has 0 fully saturated rings. The van der Waals surface area contributed by atoms with Crippen LogP contribution >= 0.6 is 0 Å². The second-order valence-corrected chi connectivity index (χ2v) is 7.37. The van der Waals surface area contributed by atoms with Gasteiger partial charge in [-0.25, -0.2) is 0 Å². The summed E-state index contributed by atoms with van der Waals surface area (Å²) in [4.78, 5) is 28.2. The number of aliphatic hydroxyl groups excluding tert-OH is 1. The van der Waals surface area contributed by atoms with Gasteiger partial charge in [0.05, 0.1) is 29.6 Å². The maximum absolute atomic E-state index is 13.3. The second-order valence-electron chi connectivity index (χ2n) is 7.37. The summed E-state index contributed by atoms with van der Waals surface area (Å²) in [6.07, 6.45) is -0.889. The Hall–Kier alpha value is -3.70. The molecule has 1 aliphatic rings. The molecule has 0 bridgehead atoms. The van der Waals surface area contributed by atoms with Crippen molar-refractivity contribution in [1.82, 2.24) is 4.90 Å². The van der Waals surface area contributed by atoms with E-state index in [1.54, 1.807) is 24.3 Å². The molecule has 0 spiro atoms. The van der Waals surface area contributed by atoms with Crippen molar-refractivity contribution in [2.75, 3.05) is 6.54 Å². The van der Waals surface area contributed by atoms with Crippen molar-refractivity contribution in [3.8, 4) is 0 Å². The lowest BCUT2D eigenvalue weighted by molar-refractivity contribution is 0.0583. The lowest BCUT2D eigenvalue weighted by Gasteiger charge is -2.27. The zero-order valence-corrected chi connectivity index (χ0v) is 16.1. The first-order valence-electron chi connectivity index (χ1n) is 9.80. The molecular weight excluding hydrogens is 378 g/mol. The standard InChI is InChI=1S/C25H19NO4/c27-19(16-9-3-1-4-10-16)15-26-22(17-11-5-2-6-12-17)21-23(28)18-13-7-8-14-20(18)30-24(21)25(26)29/h1-14,19,22,27H,15H2. The number of hydrogen-bond donors (Lipinski definition) is 1. The number of rotatable bonds is 4. The van der Waals surface area contributed by atoms with Crippen LogP contribution in [0.5, 0.6) is 0 Å². The van der Waals surface area contributed by atoms with Crippen LogP contribution in [0.3, 0.4) is 0 Å². The van der Waals surface area contributed by atoms with Crippen LogP contribution in [-0.4, -0.2) is 22.5 Å². The van der Waals surface area contributed by atoms with Crippen molar-refractivity contribution < 1.29 is 14.3 Å². The second kappa shape index (κ2) is 7.28. The van der Waals surface area contributed by atoms with Crippen molar-refractivity contribution in [1.29, 1.82) is 0 Å². The Kier molecular flexibility index (Phi) is 4.45. The van der Waals surface area contributed by atoms with Gasteiger partial charge in [0.25, 0.3) is 5.91 Å². The third kappa shape index (κ3) is 2.91. The van der Waals surface area contributed by atoms with E-state index in [0.29, 0.717) is 22.1 Å². The highest BCUT2D eigenvalue weighted by Crippen LogP contribution is 2.39. The number of aliphatic hydroxyl groups is 1. The Bertz CT molecular complexity index is 1280. The third-order valence-corrected chi connectivity index (χ3v) is 5.54. The molecule has 5 nitrogen and oxygen atoms in total. The summed E-state index contributed by atoms with van der Waals surface area (Å²) in [5, 5.41) is 11.2. The molecule has 0 saturated carbocycles. The fourth-order valence-corrected chi connectivity index (χ4v) is 4.10. The van der Waals surface area contributed by atoms with Gasteiger partial charge in [-0.1, -0.05) is 72.8 Å². The average Bonchev–Trinajstić information content (AvgIpc) is 3.07. The molecule has 0 saturated heterocycles. The van der Waals surface area contributed by atoms with Gasteiger partial charge in [-0.15, -0.1) is 0 Å². The summed E-state index contributed by atoms with van der Waals surface area (Å²) in [7, 11) is 0. The van der Waals surface area contributed by atoms with E-state index in [1.807, 2.05) is 60.7 Å². The third-order valence-electron chi connectivity index (χ3n) is 5.54. The lowest BCUT2D eigenvalue weighted by Crippen LogP contribution is -2.33. The van der Waals surface area contributed by atoms with Crippen LogP contribution in [-0.2, 0) is 0 Å². The molecular formula is C25H19NO4. The highest BCUT2D eigenvalue weighted by molar-refractivity contribution is 5.99. The zero-order chi connectivity index (χ0) is 20.7. The quantitative estimate of drug-likeness (QED) is 0.564. The Morgan fingerprint density at radius 2 is 1.50 bits per heavy atom. The van der Waals surface area contributed by atoms with Gasteiger partial charge >= 0.3 is 0 Å². The Labute approximate surface area is 172 Å². The van der Waals surface area contributed by atoms with Gasteiger partial charge in [-0.2, -0.15) is 0 Å². The van der Waals surface area contributed by atoms with Crippen molar-refractivity contribution in [2.45, 2.75) is 12.1 Å². The van der Waals surface area contributed by atoms with Crippen LogP contribution in [0.25, 0.3) is 11.0 Å². The maximum Gasteiger partial charge on any atom is 0.291 e. The smallest absolute Gasteiger partial charge is 0.291 e. The summed E-state index contributed by atoms with van der Waals surface area (Å²) < 4.78 is 5.89. The van der Waals surface area contributed by atoms with E-state index in [-0.39, 0.29) is 17.7 Å². The largest absolute Gasteiger partial charge is 0.450 e. The van der Waals surface area contributed by atoms with E-state index in [2.05, 4.69) is 0 Å². The van der Waals surface area contributed by atoms with Crippen LogP contribution in [0, 0.1) is 0 Å². The zero-order valence-electron chi connectivity index (χ0n) is 16.1. The molecule has 148 valence electrons. The topological polar surface area (TPSA) is 70.8 Å². The number of carbonyl (C=O) groups excluding carboxylic acids is 1. The van der Waals surface area contributed by atoms with E-state index < -0.39 is 18.1 Å². The van der Waals surface area contributed by atoms with Gasteiger partial charge in [0.1, 0.15) is 5.58 Å². The Morgan fingerprint density at radius 3 is 2.23 bits per heavy atom. The van der Waals surface area contributed by atoms with Crippen LogP contribution < -0.4 is 5.43 Å². The predicted octanol–water partition coefficient (Wildman–Crippen LogP) is 4.07. The molecule has 5 heteroatoms. The molecule has 2 atom stereocenters. The normalized spacial score (nSPS) is 16.6. The van der Waals surface area contributed by atoms with Crippen LogP contribution in [0.4, 0.5) is 0 Å². The van der Waals surface area contributed by atoms with Gasteiger partial charge < -0.3 is 14.4 Å². The number of fused-ring (bicyclic) bond motifs is 2. The number of benzene rings is 3. The molecule has 0 aliphatic carbocycles. The molecule has 1 aromatic heterocycles. The number of carbonyl (C=O) groups is 1. The molecule has 0 radical (unpaired) electrons. The fraction of sp³-hybridized carbons (Fsp3) is 0.120. The van der Waals surface area contributed by atoms with Crippen molar-refractivity contribution >= 4 is 16.9 Å². The first-order chi connectivity index (χ1) is 14.6. The minimum absolute atomic E-state index is 0.0440. The molecule has 1 aliphatic heterocycles. The number of para-hydroxylation sites is 1. The molecule has 1 amide bonds. The molecule has 2 heterocycles. The SMILES string of the molecule is O=C1c2oc3ccccc3c(=O)c2C(c2ccccc2)N1CC(O)c1ccccc1. The van der Waals surface area contributed by atoms with E-state index in [9.17, 15) is 14.7 Å². The summed E-state index contributed by atoms with van der Waals surface area (Å²) in [5.41, 5.74) is 1.99. The number of nitrogens with zero attached hydrogens (tertiary/aromatic N) is 1. The molecule has 3 aromatic carbocycles. The first-order valence-corrected chi connectivity index (χ1v) is 9.80. The van der Waals surface area contributed by atoms with Gasteiger partial charge in [-0.3, -0.25) is 9.59 Å². The maximum atomic E-state index is 13.3. The highest BCUT2D eigenvalue weighted by Gasteiger charge is 2.43. The molecule has 4 aromatic rings. The first kappa shape index (κ1) is 18.3. The summed E-state index contributed by atoms with van der Waals surface area (Å²) in [5.74, 6) is -0.343. The van der Waals surface area contributed by atoms with Crippen molar-refractivity contribution in [3.05, 3.63) is 118 Å².